The van der Waals surface area contributed by atoms with Crippen LogP contribution in [-0.4, -0.2) is 26.9 Å². The van der Waals surface area contributed by atoms with E-state index in [1.165, 1.54) is 17.4 Å². The number of halogens is 1. The summed E-state index contributed by atoms with van der Waals surface area (Å²) in [6.07, 6.45) is 3.92. The minimum atomic E-state index is -0.485. The van der Waals surface area contributed by atoms with Gasteiger partial charge in [0.2, 0.25) is 11.1 Å². The molecule has 0 radical (unpaired) electrons. The summed E-state index contributed by atoms with van der Waals surface area (Å²) in [5.41, 5.74) is 0.687. The van der Waals surface area contributed by atoms with Gasteiger partial charge in [-0.2, -0.15) is 4.39 Å². The largest absolute Gasteiger partial charge is 0.216 e. The number of pyridine rings is 1. The van der Waals surface area contributed by atoms with Gasteiger partial charge in [-0.15, -0.1) is 23.5 Å². The molecule has 16 heavy (non-hydrogen) atoms. The number of rotatable bonds is 1. The van der Waals surface area contributed by atoms with Crippen LogP contribution in [-0.2, 0) is 0 Å². The van der Waals surface area contributed by atoms with Gasteiger partial charge in [0.05, 0.1) is 0 Å². The highest BCUT2D eigenvalue weighted by Crippen LogP contribution is 2.28. The summed E-state index contributed by atoms with van der Waals surface area (Å²) < 4.78 is 13.8. The SMILES string of the molecule is CSC(=Nc1nc2ccc(F)nc2s1)SC. The molecule has 2 rings (SSSR count). The zero-order valence-corrected chi connectivity index (χ0v) is 11.0. The fraction of sp³-hybridized carbons (Fsp3) is 0.222. The molecule has 0 aromatic carbocycles. The molecular weight excluding hydrogens is 265 g/mol. The van der Waals surface area contributed by atoms with Gasteiger partial charge in [-0.1, -0.05) is 11.3 Å². The monoisotopic (exact) mass is 273 g/mol. The zero-order valence-electron chi connectivity index (χ0n) is 8.60. The third-order valence-corrected chi connectivity index (χ3v) is 4.49. The third kappa shape index (κ3) is 2.53. The van der Waals surface area contributed by atoms with Gasteiger partial charge in [0, 0.05) is 0 Å². The van der Waals surface area contributed by atoms with Crippen molar-refractivity contribution in [3.8, 4) is 0 Å². The highest BCUT2D eigenvalue weighted by Gasteiger charge is 2.06. The molecule has 0 unspecified atom stereocenters. The molecule has 0 atom stereocenters. The van der Waals surface area contributed by atoms with E-state index >= 15 is 0 Å². The summed E-state index contributed by atoms with van der Waals surface area (Å²) in [6.45, 7) is 0. The van der Waals surface area contributed by atoms with Crippen molar-refractivity contribution in [3.05, 3.63) is 18.1 Å². The van der Waals surface area contributed by atoms with Crippen molar-refractivity contribution >= 4 is 54.7 Å². The van der Waals surface area contributed by atoms with Crippen LogP contribution in [0.4, 0.5) is 9.52 Å². The van der Waals surface area contributed by atoms with Crippen molar-refractivity contribution < 1.29 is 4.39 Å². The number of hydrogen-bond acceptors (Lipinski definition) is 6. The molecule has 0 aliphatic rings. The number of aromatic nitrogens is 2. The summed E-state index contributed by atoms with van der Waals surface area (Å²) >= 11 is 4.42. The number of thioether (sulfide) groups is 2. The first kappa shape index (κ1) is 11.8. The van der Waals surface area contributed by atoms with Crippen molar-refractivity contribution in [1.82, 2.24) is 9.97 Å². The molecule has 0 spiro atoms. The fourth-order valence-corrected chi connectivity index (χ4v) is 3.03. The minimum absolute atomic E-state index is 0.485. The third-order valence-electron chi connectivity index (χ3n) is 1.75. The molecule has 0 fully saturated rings. The van der Waals surface area contributed by atoms with Gasteiger partial charge in [0.1, 0.15) is 14.7 Å². The van der Waals surface area contributed by atoms with Crippen LogP contribution in [0.3, 0.4) is 0 Å². The van der Waals surface area contributed by atoms with Gasteiger partial charge in [-0.3, -0.25) is 0 Å². The molecule has 7 heteroatoms. The maximum Gasteiger partial charge on any atom is 0.214 e. The van der Waals surface area contributed by atoms with Crippen molar-refractivity contribution in [2.24, 2.45) is 4.99 Å². The van der Waals surface area contributed by atoms with Crippen molar-refractivity contribution in [2.45, 2.75) is 0 Å². The Bertz CT molecular complexity index is 532. The molecule has 0 bridgehead atoms. The molecule has 2 aromatic rings. The number of nitrogens with zero attached hydrogens (tertiary/aromatic N) is 3. The Morgan fingerprint density at radius 3 is 2.75 bits per heavy atom. The molecule has 2 aromatic heterocycles. The van der Waals surface area contributed by atoms with E-state index in [-0.39, 0.29) is 0 Å². The Balaban J connectivity index is 2.43. The molecule has 0 aliphatic heterocycles. The maximum absolute atomic E-state index is 12.9. The van der Waals surface area contributed by atoms with Gasteiger partial charge >= 0.3 is 0 Å². The second-order valence-corrected chi connectivity index (χ2v) is 5.54. The first-order chi connectivity index (χ1) is 7.72. The van der Waals surface area contributed by atoms with Gasteiger partial charge < -0.3 is 0 Å². The molecule has 0 amide bonds. The van der Waals surface area contributed by atoms with Gasteiger partial charge in [-0.05, 0) is 24.6 Å². The molecule has 84 valence electrons. The molecular formula is C9H8FN3S3. The number of thiazole rings is 1. The minimum Gasteiger partial charge on any atom is -0.216 e. The Hall–Kier alpha value is -0.660. The van der Waals surface area contributed by atoms with Gasteiger partial charge in [0.15, 0.2) is 0 Å². The summed E-state index contributed by atoms with van der Waals surface area (Å²) in [6, 6.07) is 2.92. The van der Waals surface area contributed by atoms with Crippen LogP contribution >= 0.6 is 34.9 Å². The fourth-order valence-electron chi connectivity index (χ4n) is 1.08. The van der Waals surface area contributed by atoms with Crippen molar-refractivity contribution in [1.29, 1.82) is 0 Å². The molecule has 2 heterocycles. The van der Waals surface area contributed by atoms with Crippen LogP contribution in [0.1, 0.15) is 0 Å². The number of fused-ring (bicyclic) bond motifs is 1. The van der Waals surface area contributed by atoms with E-state index in [1.807, 2.05) is 12.5 Å². The predicted octanol–water partition coefficient (Wildman–Crippen LogP) is 3.54. The standard InChI is InChI=1S/C9H8FN3S3/c1-14-9(15-2)13-8-11-5-3-4-6(10)12-7(5)16-8/h3-4H,1-2H3. The van der Waals surface area contributed by atoms with Crippen molar-refractivity contribution in [2.75, 3.05) is 12.5 Å². The van der Waals surface area contributed by atoms with Crippen LogP contribution in [0.2, 0.25) is 0 Å². The van der Waals surface area contributed by atoms with E-state index in [9.17, 15) is 4.39 Å². The maximum atomic E-state index is 12.9. The van der Waals surface area contributed by atoms with Crippen molar-refractivity contribution in [3.63, 3.8) is 0 Å². The zero-order chi connectivity index (χ0) is 11.5. The van der Waals surface area contributed by atoms with Crippen LogP contribution in [0.5, 0.6) is 0 Å². The second-order valence-electron chi connectivity index (χ2n) is 2.74. The van der Waals surface area contributed by atoms with Crippen LogP contribution in [0.25, 0.3) is 10.3 Å². The van der Waals surface area contributed by atoms with E-state index in [1.54, 1.807) is 29.6 Å². The van der Waals surface area contributed by atoms with Crippen LogP contribution in [0, 0.1) is 5.95 Å². The normalized spacial score (nSPS) is 10.7. The molecule has 3 nitrogen and oxygen atoms in total. The van der Waals surface area contributed by atoms with Crippen LogP contribution in [0.15, 0.2) is 17.1 Å². The summed E-state index contributed by atoms with van der Waals surface area (Å²) in [5.74, 6) is -0.485. The highest BCUT2D eigenvalue weighted by molar-refractivity contribution is 8.38. The summed E-state index contributed by atoms with van der Waals surface area (Å²) in [5, 5.41) is 0.617. The number of hydrogen-bond donors (Lipinski definition) is 0. The van der Waals surface area contributed by atoms with Gasteiger partial charge in [0.25, 0.3) is 0 Å². The van der Waals surface area contributed by atoms with E-state index in [0.29, 0.717) is 15.5 Å². The summed E-state index contributed by atoms with van der Waals surface area (Å²) in [4.78, 5) is 13.0. The number of aliphatic imine (C=N–C) groups is 1. The first-order valence-corrected chi connectivity index (χ1v) is 7.59. The lowest BCUT2D eigenvalue weighted by Gasteiger charge is -1.93. The summed E-state index contributed by atoms with van der Waals surface area (Å²) in [7, 11) is 0. The molecule has 0 saturated heterocycles. The predicted molar refractivity (Wildman–Crippen MR) is 71.5 cm³/mol. The quantitative estimate of drug-likeness (QED) is 0.452. The first-order valence-electron chi connectivity index (χ1n) is 4.32. The second kappa shape index (κ2) is 5.11. The average Bonchev–Trinajstić information content (AvgIpc) is 2.67. The Labute approximate surface area is 105 Å². The van der Waals surface area contributed by atoms with Gasteiger partial charge in [-0.25, -0.2) is 15.0 Å². The van der Waals surface area contributed by atoms with Crippen LogP contribution < -0.4 is 0 Å². The van der Waals surface area contributed by atoms with E-state index in [0.717, 1.165) is 4.38 Å². The lowest BCUT2D eigenvalue weighted by Crippen LogP contribution is -1.80. The topological polar surface area (TPSA) is 38.1 Å². The molecule has 0 saturated carbocycles. The lowest BCUT2D eigenvalue weighted by atomic mass is 10.4. The Kier molecular flexibility index (Phi) is 3.78. The van der Waals surface area contributed by atoms with E-state index < -0.39 is 5.95 Å². The lowest BCUT2D eigenvalue weighted by molar-refractivity contribution is 0.589. The molecule has 0 aliphatic carbocycles. The van der Waals surface area contributed by atoms with E-state index in [4.69, 9.17) is 0 Å². The molecule has 0 N–H and O–H groups in total. The van der Waals surface area contributed by atoms with E-state index in [2.05, 4.69) is 15.0 Å². The smallest absolute Gasteiger partial charge is 0.214 e. The highest BCUT2D eigenvalue weighted by atomic mass is 32.2. The Morgan fingerprint density at radius 1 is 1.31 bits per heavy atom. The Morgan fingerprint density at radius 2 is 2.06 bits per heavy atom. The average molecular weight is 273 g/mol.